The van der Waals surface area contributed by atoms with Gasteiger partial charge in [0, 0.05) is 17.2 Å². The first-order valence-corrected chi connectivity index (χ1v) is 8.19. The van der Waals surface area contributed by atoms with E-state index in [0.717, 1.165) is 33.7 Å². The van der Waals surface area contributed by atoms with Crippen molar-refractivity contribution in [3.05, 3.63) is 77.1 Å². The van der Waals surface area contributed by atoms with E-state index in [1.165, 1.54) is 5.56 Å². The van der Waals surface area contributed by atoms with Gasteiger partial charge in [0.1, 0.15) is 5.15 Å². The van der Waals surface area contributed by atoms with E-state index in [1.807, 2.05) is 47.8 Å². The number of fused-ring (bicyclic) bond motifs is 1. The Morgan fingerprint density at radius 2 is 1.58 bits per heavy atom. The van der Waals surface area contributed by atoms with E-state index < -0.39 is 0 Å². The van der Waals surface area contributed by atoms with E-state index in [1.54, 1.807) is 0 Å². The van der Waals surface area contributed by atoms with Crippen LogP contribution < -0.4 is 0 Å². The number of aryl methyl sites for hydroxylation is 2. The lowest BCUT2D eigenvalue weighted by molar-refractivity contribution is 0.925. The Morgan fingerprint density at radius 1 is 0.875 bits per heavy atom. The molecule has 0 aliphatic rings. The molecule has 2 aromatic carbocycles. The summed E-state index contributed by atoms with van der Waals surface area (Å²) in [6, 6.07) is 20.4. The van der Waals surface area contributed by atoms with Crippen LogP contribution in [0.3, 0.4) is 0 Å². The van der Waals surface area contributed by atoms with Gasteiger partial charge in [-0.1, -0.05) is 71.8 Å². The average Bonchev–Trinajstić information content (AvgIpc) is 2.91. The van der Waals surface area contributed by atoms with Gasteiger partial charge in [0.25, 0.3) is 0 Å². The van der Waals surface area contributed by atoms with E-state index in [4.69, 9.17) is 16.7 Å². The van der Waals surface area contributed by atoms with E-state index in [9.17, 15) is 0 Å². The summed E-state index contributed by atoms with van der Waals surface area (Å²) >= 11 is 6.32. The lowest BCUT2D eigenvalue weighted by Crippen LogP contribution is -1.97. The molecule has 0 fully saturated rings. The molecule has 0 N–H and O–H groups in total. The molecule has 0 spiro atoms. The summed E-state index contributed by atoms with van der Waals surface area (Å²) in [5.74, 6) is 0. The first-order chi connectivity index (χ1) is 11.6. The largest absolute Gasteiger partial charge is 0.216 e. The Balaban J connectivity index is 2.02. The molecule has 118 valence electrons. The van der Waals surface area contributed by atoms with Crippen LogP contribution in [0, 0.1) is 13.8 Å². The van der Waals surface area contributed by atoms with Crippen LogP contribution in [0.25, 0.3) is 28.0 Å². The quantitative estimate of drug-likeness (QED) is 0.464. The topological polar surface area (TPSA) is 30.2 Å². The maximum absolute atomic E-state index is 6.32. The molecule has 4 heteroatoms. The van der Waals surface area contributed by atoms with E-state index >= 15 is 0 Å². The molecule has 2 heterocycles. The van der Waals surface area contributed by atoms with Crippen LogP contribution in [-0.2, 0) is 0 Å². The molecule has 0 bridgehead atoms. The zero-order valence-electron chi connectivity index (χ0n) is 13.5. The Hall–Kier alpha value is -2.65. The Morgan fingerprint density at radius 3 is 2.29 bits per heavy atom. The minimum absolute atomic E-state index is 0.467. The molecule has 0 amide bonds. The average molecular weight is 334 g/mol. The van der Waals surface area contributed by atoms with Gasteiger partial charge < -0.3 is 0 Å². The second-order valence-corrected chi connectivity index (χ2v) is 6.28. The predicted molar refractivity (Wildman–Crippen MR) is 98.3 cm³/mol. The minimum atomic E-state index is 0.467. The molecule has 0 saturated carbocycles. The number of hydrogen-bond donors (Lipinski definition) is 0. The van der Waals surface area contributed by atoms with E-state index in [-0.39, 0.29) is 0 Å². The van der Waals surface area contributed by atoms with Gasteiger partial charge in [-0.2, -0.15) is 5.10 Å². The molecule has 0 atom stereocenters. The number of nitrogens with zero attached hydrogens (tertiary/aromatic N) is 3. The van der Waals surface area contributed by atoms with Crippen LogP contribution in [0.15, 0.2) is 60.7 Å². The lowest BCUT2D eigenvalue weighted by atomic mass is 10.0. The molecule has 0 saturated heterocycles. The highest BCUT2D eigenvalue weighted by Gasteiger charge is 2.17. The third kappa shape index (κ3) is 2.47. The maximum Gasteiger partial charge on any atom is 0.165 e. The molecule has 4 rings (SSSR count). The van der Waals surface area contributed by atoms with Crippen molar-refractivity contribution in [2.24, 2.45) is 0 Å². The van der Waals surface area contributed by atoms with Gasteiger partial charge in [-0.15, -0.1) is 0 Å². The maximum atomic E-state index is 6.32. The molecular weight excluding hydrogens is 318 g/mol. The Labute approximate surface area is 145 Å². The van der Waals surface area contributed by atoms with Crippen molar-refractivity contribution in [1.82, 2.24) is 14.6 Å². The monoisotopic (exact) mass is 333 g/mol. The molecule has 2 aromatic heterocycles. The minimum Gasteiger partial charge on any atom is -0.216 e. The predicted octanol–water partition coefficient (Wildman–Crippen LogP) is 5.33. The molecule has 4 aromatic rings. The fourth-order valence-corrected chi connectivity index (χ4v) is 3.15. The summed E-state index contributed by atoms with van der Waals surface area (Å²) in [7, 11) is 0. The highest BCUT2D eigenvalue weighted by Crippen LogP contribution is 2.31. The van der Waals surface area contributed by atoms with Gasteiger partial charge in [0.15, 0.2) is 5.65 Å². The zero-order chi connectivity index (χ0) is 16.7. The van der Waals surface area contributed by atoms with Crippen LogP contribution in [0.1, 0.15) is 11.3 Å². The number of benzene rings is 2. The second kappa shape index (κ2) is 5.77. The van der Waals surface area contributed by atoms with Crippen LogP contribution in [0.5, 0.6) is 0 Å². The van der Waals surface area contributed by atoms with Crippen molar-refractivity contribution < 1.29 is 0 Å². The van der Waals surface area contributed by atoms with Gasteiger partial charge in [-0.05, 0) is 19.4 Å². The smallest absolute Gasteiger partial charge is 0.165 e. The standard InChI is InChI=1S/C20H16ClN3/c1-13-8-10-16(11-9-13)19-14(2)23-24-17(12-18(21)22-20(19)24)15-6-4-3-5-7-15/h3-12H,1-2H3. The van der Waals surface area contributed by atoms with Crippen molar-refractivity contribution >= 4 is 17.2 Å². The normalized spacial score (nSPS) is 11.1. The van der Waals surface area contributed by atoms with Crippen molar-refractivity contribution in [3.63, 3.8) is 0 Å². The summed E-state index contributed by atoms with van der Waals surface area (Å²) in [6.45, 7) is 4.09. The number of rotatable bonds is 2. The first-order valence-electron chi connectivity index (χ1n) is 7.82. The van der Waals surface area contributed by atoms with Crippen LogP contribution >= 0.6 is 11.6 Å². The zero-order valence-corrected chi connectivity index (χ0v) is 14.2. The molecular formula is C20H16ClN3. The molecule has 0 unspecified atom stereocenters. The second-order valence-electron chi connectivity index (χ2n) is 5.89. The van der Waals surface area contributed by atoms with Crippen molar-refractivity contribution in [3.8, 4) is 22.4 Å². The van der Waals surface area contributed by atoms with Gasteiger partial charge in [0.05, 0.1) is 11.4 Å². The van der Waals surface area contributed by atoms with Crippen LogP contribution in [-0.4, -0.2) is 14.6 Å². The van der Waals surface area contributed by atoms with Gasteiger partial charge in [-0.25, -0.2) is 9.50 Å². The number of hydrogen-bond acceptors (Lipinski definition) is 2. The fourth-order valence-electron chi connectivity index (χ4n) is 2.97. The fraction of sp³-hybridized carbons (Fsp3) is 0.100. The molecule has 0 aliphatic carbocycles. The van der Waals surface area contributed by atoms with Crippen LogP contribution in [0.4, 0.5) is 0 Å². The van der Waals surface area contributed by atoms with E-state index in [0.29, 0.717) is 5.15 Å². The summed E-state index contributed by atoms with van der Waals surface area (Å²) in [5, 5.41) is 5.19. The highest BCUT2D eigenvalue weighted by molar-refractivity contribution is 6.29. The number of halogens is 1. The van der Waals surface area contributed by atoms with Crippen LogP contribution in [0.2, 0.25) is 5.15 Å². The first kappa shape index (κ1) is 14.9. The lowest BCUT2D eigenvalue weighted by Gasteiger charge is -2.06. The Bertz CT molecular complexity index is 1020. The number of aromatic nitrogens is 3. The summed E-state index contributed by atoms with van der Waals surface area (Å²) < 4.78 is 1.88. The van der Waals surface area contributed by atoms with Crippen molar-refractivity contribution in [2.45, 2.75) is 13.8 Å². The third-order valence-electron chi connectivity index (χ3n) is 4.14. The van der Waals surface area contributed by atoms with E-state index in [2.05, 4.69) is 36.2 Å². The summed E-state index contributed by atoms with van der Waals surface area (Å²) in [4.78, 5) is 4.55. The van der Waals surface area contributed by atoms with Gasteiger partial charge in [0.2, 0.25) is 0 Å². The third-order valence-corrected chi connectivity index (χ3v) is 4.34. The van der Waals surface area contributed by atoms with Gasteiger partial charge in [-0.3, -0.25) is 0 Å². The molecule has 0 radical (unpaired) electrons. The molecule has 3 nitrogen and oxygen atoms in total. The SMILES string of the molecule is Cc1ccc(-c2c(C)nn3c(-c4ccccc4)cc(Cl)nc23)cc1. The molecule has 24 heavy (non-hydrogen) atoms. The van der Waals surface area contributed by atoms with Crippen molar-refractivity contribution in [1.29, 1.82) is 0 Å². The Kier molecular flexibility index (Phi) is 3.58. The van der Waals surface area contributed by atoms with Crippen molar-refractivity contribution in [2.75, 3.05) is 0 Å². The summed E-state index contributed by atoms with van der Waals surface area (Å²) in [6.07, 6.45) is 0. The molecule has 0 aliphatic heterocycles. The highest BCUT2D eigenvalue weighted by atomic mass is 35.5. The summed E-state index contributed by atoms with van der Waals surface area (Å²) in [5.41, 5.74) is 7.06. The van der Waals surface area contributed by atoms with Gasteiger partial charge >= 0.3 is 0 Å².